The van der Waals surface area contributed by atoms with Gasteiger partial charge in [-0.3, -0.25) is 19.7 Å². The largest absolute Gasteiger partial charge is 0.493 e. The molecule has 0 bridgehead atoms. The van der Waals surface area contributed by atoms with E-state index in [0.717, 1.165) is 0 Å². The van der Waals surface area contributed by atoms with Crippen LogP contribution in [0.3, 0.4) is 0 Å². The maximum Gasteiger partial charge on any atom is 0.254 e. The van der Waals surface area contributed by atoms with Crippen molar-refractivity contribution in [2.75, 3.05) is 27.9 Å². The third-order valence-electron chi connectivity index (χ3n) is 3.83. The number of benzene rings is 1. The van der Waals surface area contributed by atoms with Crippen LogP contribution in [-0.4, -0.2) is 56.5 Å². The zero-order chi connectivity index (χ0) is 17.9. The summed E-state index contributed by atoms with van der Waals surface area (Å²) in [5.41, 5.74) is 0.276. The molecule has 130 valence electrons. The molecule has 8 nitrogen and oxygen atoms in total. The van der Waals surface area contributed by atoms with Crippen LogP contribution in [0.25, 0.3) is 0 Å². The number of hydrogen-bond donors (Lipinski definition) is 1. The van der Waals surface area contributed by atoms with Gasteiger partial charge in [-0.05, 0) is 19.1 Å². The summed E-state index contributed by atoms with van der Waals surface area (Å²) in [5.74, 6) is -0.213. The Morgan fingerprint density at radius 3 is 2.12 bits per heavy atom. The highest BCUT2D eigenvalue weighted by atomic mass is 16.5. The van der Waals surface area contributed by atoms with Crippen molar-refractivity contribution in [3.05, 3.63) is 17.7 Å². The molecule has 1 aliphatic heterocycles. The fourth-order valence-corrected chi connectivity index (χ4v) is 2.67. The number of methoxy groups -OCH3 is 3. The van der Waals surface area contributed by atoms with Crippen molar-refractivity contribution in [1.82, 2.24) is 10.2 Å². The van der Waals surface area contributed by atoms with Gasteiger partial charge in [-0.15, -0.1) is 0 Å². The molecule has 0 radical (unpaired) electrons. The van der Waals surface area contributed by atoms with Gasteiger partial charge in [-0.25, -0.2) is 0 Å². The quantitative estimate of drug-likeness (QED) is 0.764. The average molecular weight is 336 g/mol. The van der Waals surface area contributed by atoms with Gasteiger partial charge in [0.25, 0.3) is 5.91 Å². The van der Waals surface area contributed by atoms with Crippen molar-refractivity contribution >= 4 is 17.7 Å². The van der Waals surface area contributed by atoms with Gasteiger partial charge in [-0.2, -0.15) is 0 Å². The summed E-state index contributed by atoms with van der Waals surface area (Å²) in [7, 11) is 4.37. The van der Waals surface area contributed by atoms with Crippen molar-refractivity contribution in [2.24, 2.45) is 0 Å². The Morgan fingerprint density at radius 2 is 1.75 bits per heavy atom. The van der Waals surface area contributed by atoms with Gasteiger partial charge >= 0.3 is 0 Å². The summed E-state index contributed by atoms with van der Waals surface area (Å²) in [6, 6.07) is 2.22. The Bertz CT molecular complexity index is 648. The molecular weight excluding hydrogens is 316 g/mol. The molecule has 1 saturated heterocycles. The lowest BCUT2D eigenvalue weighted by atomic mass is 10.1. The van der Waals surface area contributed by atoms with Gasteiger partial charge in [0.1, 0.15) is 6.04 Å². The number of nitrogens with zero attached hydrogens (tertiary/aromatic N) is 1. The highest BCUT2D eigenvalue weighted by Crippen LogP contribution is 2.38. The zero-order valence-corrected chi connectivity index (χ0v) is 14.0. The third-order valence-corrected chi connectivity index (χ3v) is 3.83. The van der Waals surface area contributed by atoms with Gasteiger partial charge < -0.3 is 19.1 Å². The van der Waals surface area contributed by atoms with Crippen molar-refractivity contribution in [1.29, 1.82) is 0 Å². The molecule has 1 atom stereocenters. The van der Waals surface area contributed by atoms with Crippen molar-refractivity contribution in [3.8, 4) is 17.2 Å². The summed E-state index contributed by atoms with van der Waals surface area (Å²) in [4.78, 5) is 37.5. The van der Waals surface area contributed by atoms with E-state index in [-0.39, 0.29) is 24.4 Å². The van der Waals surface area contributed by atoms with E-state index in [2.05, 4.69) is 5.32 Å². The Balaban J connectivity index is 2.40. The maximum absolute atomic E-state index is 12.8. The van der Waals surface area contributed by atoms with E-state index in [9.17, 15) is 14.4 Å². The molecule has 0 spiro atoms. The van der Waals surface area contributed by atoms with E-state index >= 15 is 0 Å². The summed E-state index contributed by atoms with van der Waals surface area (Å²) in [6.45, 7) is 2.02. The maximum atomic E-state index is 12.8. The molecule has 1 fully saturated rings. The molecule has 2 rings (SSSR count). The minimum atomic E-state index is -0.811. The van der Waals surface area contributed by atoms with Gasteiger partial charge in [-0.1, -0.05) is 0 Å². The van der Waals surface area contributed by atoms with E-state index in [0.29, 0.717) is 17.2 Å². The molecule has 1 aromatic rings. The molecule has 3 amide bonds. The topological polar surface area (TPSA) is 94.2 Å². The predicted molar refractivity (Wildman–Crippen MR) is 84.4 cm³/mol. The van der Waals surface area contributed by atoms with Crippen LogP contribution in [0.15, 0.2) is 12.1 Å². The van der Waals surface area contributed by atoms with Gasteiger partial charge in [0.15, 0.2) is 11.5 Å². The van der Waals surface area contributed by atoms with Crippen LogP contribution in [-0.2, 0) is 9.59 Å². The molecule has 24 heavy (non-hydrogen) atoms. The monoisotopic (exact) mass is 336 g/mol. The van der Waals surface area contributed by atoms with Crippen LogP contribution < -0.4 is 19.5 Å². The summed E-state index contributed by atoms with van der Waals surface area (Å²) < 4.78 is 15.7. The molecule has 0 aromatic heterocycles. The van der Waals surface area contributed by atoms with E-state index in [4.69, 9.17) is 14.2 Å². The lowest BCUT2D eigenvalue weighted by Crippen LogP contribution is -2.44. The van der Waals surface area contributed by atoms with Crippen LogP contribution in [0.4, 0.5) is 0 Å². The van der Waals surface area contributed by atoms with Crippen molar-refractivity contribution in [3.63, 3.8) is 0 Å². The first-order valence-electron chi connectivity index (χ1n) is 7.41. The van der Waals surface area contributed by atoms with Crippen LogP contribution in [0, 0.1) is 0 Å². The first-order chi connectivity index (χ1) is 11.5. The fraction of sp³-hybridized carbons (Fsp3) is 0.438. The second-order valence-electron chi connectivity index (χ2n) is 5.14. The van der Waals surface area contributed by atoms with Gasteiger partial charge in [0.2, 0.25) is 17.6 Å². The minimum Gasteiger partial charge on any atom is -0.493 e. The average Bonchev–Trinajstić information content (AvgIpc) is 2.92. The molecule has 0 saturated carbocycles. The highest BCUT2D eigenvalue weighted by Gasteiger charge is 2.37. The number of carbonyl (C=O) groups excluding carboxylic acids is 3. The molecular formula is C16H20N2O6. The SMILES string of the molecule is CCN(C(=O)c1cc(OC)c(OC)c(OC)c1)[C@H]1CC(=O)NC1=O. The molecule has 1 heterocycles. The minimum absolute atomic E-state index is 0.0389. The molecule has 8 heteroatoms. The lowest BCUT2D eigenvalue weighted by molar-refractivity contribution is -0.126. The van der Waals surface area contributed by atoms with Gasteiger partial charge in [0, 0.05) is 12.1 Å². The third kappa shape index (κ3) is 3.12. The van der Waals surface area contributed by atoms with E-state index in [1.165, 1.54) is 38.4 Å². The standard InChI is InChI=1S/C16H20N2O6/c1-5-18(10-8-13(19)17-15(10)20)16(21)9-6-11(22-2)14(24-4)12(7-9)23-3/h6-7,10H,5,8H2,1-4H3,(H,17,19,20)/t10-/m0/s1. The fourth-order valence-electron chi connectivity index (χ4n) is 2.67. The number of amides is 3. The molecule has 1 N–H and O–H groups in total. The number of hydrogen-bond acceptors (Lipinski definition) is 6. The molecule has 0 unspecified atom stereocenters. The van der Waals surface area contributed by atoms with Crippen molar-refractivity contribution in [2.45, 2.75) is 19.4 Å². The second kappa shape index (κ2) is 7.20. The Labute approximate surface area is 139 Å². The second-order valence-corrected chi connectivity index (χ2v) is 5.14. The number of nitrogens with one attached hydrogen (secondary N) is 1. The van der Waals surface area contributed by atoms with Gasteiger partial charge in [0.05, 0.1) is 27.8 Å². The number of imide groups is 1. The summed E-state index contributed by atoms with van der Waals surface area (Å²) in [6.07, 6.45) is -0.0389. The zero-order valence-electron chi connectivity index (χ0n) is 14.0. The van der Waals surface area contributed by atoms with E-state index in [1.54, 1.807) is 6.92 Å². The summed E-state index contributed by atoms with van der Waals surface area (Å²) in [5, 5.41) is 2.21. The summed E-state index contributed by atoms with van der Waals surface area (Å²) >= 11 is 0. The number of ether oxygens (including phenoxy) is 3. The van der Waals surface area contributed by atoms with Crippen LogP contribution in [0.1, 0.15) is 23.7 Å². The molecule has 1 aliphatic rings. The van der Waals surface area contributed by atoms with Crippen molar-refractivity contribution < 1.29 is 28.6 Å². The molecule has 0 aliphatic carbocycles. The van der Waals surface area contributed by atoms with Crippen LogP contribution >= 0.6 is 0 Å². The Kier molecular flexibility index (Phi) is 5.28. The van der Waals surface area contributed by atoms with Crippen LogP contribution in [0.2, 0.25) is 0 Å². The number of carbonyl (C=O) groups is 3. The predicted octanol–water partition coefficient (Wildman–Crippen LogP) is 0.590. The van der Waals surface area contributed by atoms with E-state index in [1.807, 2.05) is 0 Å². The number of likely N-dealkylation sites (N-methyl/N-ethyl adjacent to an activating group) is 1. The van der Waals surface area contributed by atoms with Crippen LogP contribution in [0.5, 0.6) is 17.2 Å². The first-order valence-corrected chi connectivity index (χ1v) is 7.41. The Morgan fingerprint density at radius 1 is 1.17 bits per heavy atom. The first kappa shape index (κ1) is 17.6. The Hall–Kier alpha value is -2.77. The lowest BCUT2D eigenvalue weighted by Gasteiger charge is -2.26. The van der Waals surface area contributed by atoms with E-state index < -0.39 is 17.9 Å². The smallest absolute Gasteiger partial charge is 0.254 e. The normalized spacial score (nSPS) is 16.6. The molecule has 1 aromatic carbocycles. The number of rotatable bonds is 6. The highest BCUT2D eigenvalue weighted by molar-refractivity contribution is 6.08.